The van der Waals surface area contributed by atoms with Gasteiger partial charge >= 0.3 is 5.97 Å². The van der Waals surface area contributed by atoms with E-state index >= 15 is 0 Å². The molecule has 7 heteroatoms. The van der Waals surface area contributed by atoms with Crippen LogP contribution in [0.25, 0.3) is 0 Å². The molecule has 0 aromatic heterocycles. The Morgan fingerprint density at radius 2 is 2.14 bits per heavy atom. The Balaban J connectivity index is 2.93. The van der Waals surface area contributed by atoms with Gasteiger partial charge in [-0.3, -0.25) is 9.52 Å². The third-order valence-electron chi connectivity index (χ3n) is 2.51. The second-order valence-electron chi connectivity index (χ2n) is 4.24. The maximum Gasteiger partial charge on any atom is 0.322 e. The Bertz CT molecular complexity index is 670. The molecule has 0 unspecified atom stereocenters. The van der Waals surface area contributed by atoms with E-state index in [1.54, 1.807) is 18.2 Å². The molecule has 0 aliphatic rings. The minimum Gasteiger partial charge on any atom is -0.468 e. The first kappa shape index (κ1) is 17.0. The van der Waals surface area contributed by atoms with Crippen LogP contribution in [0.15, 0.2) is 18.2 Å². The number of esters is 1. The molecule has 0 aliphatic heterocycles. The average molecular weight is 311 g/mol. The number of methoxy groups -OCH3 is 1. The summed E-state index contributed by atoms with van der Waals surface area (Å²) in [6, 6.07) is 4.88. The van der Waals surface area contributed by atoms with E-state index in [1.807, 2.05) is 6.92 Å². The minimum atomic E-state index is -3.81. The van der Waals surface area contributed by atoms with Crippen LogP contribution in [0.2, 0.25) is 0 Å². The second-order valence-corrected chi connectivity index (χ2v) is 5.96. The topological polar surface area (TPSA) is 92.7 Å². The number of aryl methyl sites for hydroxylation is 1. The van der Waals surface area contributed by atoms with E-state index in [-0.39, 0.29) is 6.61 Å². The van der Waals surface area contributed by atoms with E-state index in [0.717, 1.165) is 12.7 Å². The van der Waals surface area contributed by atoms with Crippen LogP contribution in [0.5, 0.6) is 0 Å². The lowest BCUT2D eigenvalue weighted by molar-refractivity contribution is -0.137. The van der Waals surface area contributed by atoms with Crippen LogP contribution >= 0.6 is 0 Å². The molecular weight excluding hydrogens is 294 g/mol. The smallest absolute Gasteiger partial charge is 0.322 e. The van der Waals surface area contributed by atoms with Gasteiger partial charge in [-0.2, -0.15) is 0 Å². The number of carbonyl (C=O) groups excluding carboxylic acids is 1. The number of hydrogen-bond acceptors (Lipinski definition) is 5. The van der Waals surface area contributed by atoms with Gasteiger partial charge in [0.2, 0.25) is 10.0 Å². The highest BCUT2D eigenvalue weighted by Gasteiger charge is 2.17. The van der Waals surface area contributed by atoms with Crippen molar-refractivity contribution in [2.24, 2.45) is 0 Å². The largest absolute Gasteiger partial charge is 0.468 e. The number of aliphatic hydroxyl groups excluding tert-OH is 1. The SMILES string of the molecule is COC(=O)CS(=O)(=O)Nc1ccc(C)c(C#CCCO)c1. The molecule has 0 spiro atoms. The molecule has 0 atom stereocenters. The predicted octanol–water partition coefficient (Wildman–Crippen LogP) is 0.644. The summed E-state index contributed by atoms with van der Waals surface area (Å²) in [6.07, 6.45) is 0.345. The minimum absolute atomic E-state index is 0.0303. The van der Waals surface area contributed by atoms with Crippen LogP contribution in [0.4, 0.5) is 5.69 Å². The van der Waals surface area contributed by atoms with E-state index in [0.29, 0.717) is 17.7 Å². The first-order valence-corrected chi connectivity index (χ1v) is 7.81. The van der Waals surface area contributed by atoms with Gasteiger partial charge in [-0.15, -0.1) is 0 Å². The van der Waals surface area contributed by atoms with Crippen molar-refractivity contribution in [3.8, 4) is 11.8 Å². The number of aliphatic hydroxyl groups is 1. The Morgan fingerprint density at radius 3 is 2.76 bits per heavy atom. The molecule has 0 heterocycles. The lowest BCUT2D eigenvalue weighted by Gasteiger charge is -2.08. The zero-order valence-electron chi connectivity index (χ0n) is 11.8. The van der Waals surface area contributed by atoms with Crippen molar-refractivity contribution in [1.82, 2.24) is 0 Å². The maximum absolute atomic E-state index is 11.7. The van der Waals surface area contributed by atoms with Crippen molar-refractivity contribution in [1.29, 1.82) is 0 Å². The molecule has 1 aromatic carbocycles. The molecule has 1 aromatic rings. The fourth-order valence-electron chi connectivity index (χ4n) is 1.46. The Morgan fingerprint density at radius 1 is 1.43 bits per heavy atom. The van der Waals surface area contributed by atoms with Gasteiger partial charge in [0.15, 0.2) is 5.75 Å². The molecule has 6 nitrogen and oxygen atoms in total. The molecule has 0 amide bonds. The van der Waals surface area contributed by atoms with Crippen LogP contribution in [0.1, 0.15) is 17.5 Å². The van der Waals surface area contributed by atoms with Gasteiger partial charge in [-0.1, -0.05) is 17.9 Å². The number of nitrogens with one attached hydrogen (secondary N) is 1. The van der Waals surface area contributed by atoms with Crippen molar-refractivity contribution < 1.29 is 23.1 Å². The van der Waals surface area contributed by atoms with Gasteiger partial charge in [-0.25, -0.2) is 8.42 Å². The number of hydrogen-bond donors (Lipinski definition) is 2. The Hall–Kier alpha value is -2.04. The zero-order chi connectivity index (χ0) is 15.9. The van der Waals surface area contributed by atoms with Crippen molar-refractivity contribution in [3.05, 3.63) is 29.3 Å². The molecule has 0 radical (unpaired) electrons. The molecule has 0 saturated carbocycles. The number of anilines is 1. The summed E-state index contributed by atoms with van der Waals surface area (Å²) in [4.78, 5) is 11.0. The quantitative estimate of drug-likeness (QED) is 0.615. The van der Waals surface area contributed by atoms with Gasteiger partial charge in [0.25, 0.3) is 0 Å². The van der Waals surface area contributed by atoms with E-state index in [1.165, 1.54) is 0 Å². The predicted molar refractivity (Wildman–Crippen MR) is 79.2 cm³/mol. The third-order valence-corrected chi connectivity index (χ3v) is 3.67. The van der Waals surface area contributed by atoms with Crippen LogP contribution in [-0.4, -0.2) is 39.0 Å². The van der Waals surface area contributed by atoms with Gasteiger partial charge in [0.05, 0.1) is 13.7 Å². The summed E-state index contributed by atoms with van der Waals surface area (Å²) in [5.74, 6) is 4.05. The Labute approximate surface area is 124 Å². The third kappa shape index (κ3) is 5.85. The normalized spacial score (nSPS) is 10.4. The molecule has 21 heavy (non-hydrogen) atoms. The van der Waals surface area contributed by atoms with Crippen LogP contribution in [0.3, 0.4) is 0 Å². The highest BCUT2D eigenvalue weighted by atomic mass is 32.2. The molecular formula is C14H17NO5S. The number of benzene rings is 1. The summed E-state index contributed by atoms with van der Waals surface area (Å²) < 4.78 is 30.1. The van der Waals surface area contributed by atoms with Crippen molar-refractivity contribution >= 4 is 21.7 Å². The van der Waals surface area contributed by atoms with Gasteiger partial charge in [0.1, 0.15) is 0 Å². The number of carbonyl (C=O) groups is 1. The molecule has 1 rings (SSSR count). The highest BCUT2D eigenvalue weighted by Crippen LogP contribution is 2.16. The zero-order valence-corrected chi connectivity index (χ0v) is 12.7. The van der Waals surface area contributed by atoms with Crippen molar-refractivity contribution in [3.63, 3.8) is 0 Å². The van der Waals surface area contributed by atoms with Crippen molar-refractivity contribution in [2.75, 3.05) is 24.2 Å². The monoisotopic (exact) mass is 311 g/mol. The molecule has 0 fully saturated rings. The second kappa shape index (κ2) is 7.67. The fourth-order valence-corrected chi connectivity index (χ4v) is 2.45. The number of ether oxygens (including phenoxy) is 1. The average Bonchev–Trinajstić information content (AvgIpc) is 2.41. The van der Waals surface area contributed by atoms with Gasteiger partial charge in [-0.05, 0) is 24.6 Å². The van der Waals surface area contributed by atoms with Crippen LogP contribution in [0, 0.1) is 18.8 Å². The maximum atomic E-state index is 11.7. The van der Waals surface area contributed by atoms with Crippen molar-refractivity contribution in [2.45, 2.75) is 13.3 Å². The van der Waals surface area contributed by atoms with Gasteiger partial charge < -0.3 is 9.84 Å². The van der Waals surface area contributed by atoms with Crippen LogP contribution < -0.4 is 4.72 Å². The summed E-state index contributed by atoms with van der Waals surface area (Å²) in [5.41, 5.74) is 1.86. The fraction of sp³-hybridized carbons (Fsp3) is 0.357. The summed E-state index contributed by atoms with van der Waals surface area (Å²) in [7, 11) is -2.69. The Kier molecular flexibility index (Phi) is 6.21. The summed E-state index contributed by atoms with van der Waals surface area (Å²) >= 11 is 0. The number of rotatable bonds is 5. The molecule has 2 N–H and O–H groups in total. The lowest BCUT2D eigenvalue weighted by Crippen LogP contribution is -2.23. The standard InChI is InChI=1S/C14H17NO5S/c1-11-6-7-13(9-12(11)5-3-4-8-16)15-21(18,19)10-14(17)20-2/h6-7,9,15-16H,4,8,10H2,1-2H3. The lowest BCUT2D eigenvalue weighted by atomic mass is 10.1. The van der Waals surface area contributed by atoms with E-state index < -0.39 is 21.7 Å². The summed E-state index contributed by atoms with van der Waals surface area (Å²) in [6.45, 7) is 1.81. The van der Waals surface area contributed by atoms with E-state index in [4.69, 9.17) is 5.11 Å². The molecule has 0 saturated heterocycles. The molecule has 0 bridgehead atoms. The number of sulfonamides is 1. The van der Waals surface area contributed by atoms with Gasteiger partial charge in [0, 0.05) is 17.7 Å². The first-order valence-electron chi connectivity index (χ1n) is 6.15. The first-order chi connectivity index (χ1) is 9.88. The summed E-state index contributed by atoms with van der Waals surface area (Å²) in [5, 5.41) is 8.69. The molecule has 0 aliphatic carbocycles. The van der Waals surface area contributed by atoms with E-state index in [2.05, 4.69) is 21.3 Å². The van der Waals surface area contributed by atoms with E-state index in [9.17, 15) is 13.2 Å². The molecule has 114 valence electrons. The highest BCUT2D eigenvalue weighted by molar-refractivity contribution is 7.93. The van der Waals surface area contributed by atoms with Crippen LogP contribution in [-0.2, 0) is 19.6 Å².